The van der Waals surface area contributed by atoms with Crippen LogP contribution in [-0.4, -0.2) is 62.8 Å². The fraction of sp³-hybridized carbons (Fsp3) is 0.939. The van der Waals surface area contributed by atoms with Gasteiger partial charge in [0.1, 0.15) is 6.10 Å². The molecule has 7 heteroatoms. The van der Waals surface area contributed by atoms with Crippen LogP contribution in [0.4, 0.5) is 0 Å². The van der Waals surface area contributed by atoms with Crippen LogP contribution in [0.15, 0.2) is 0 Å². The number of unbranched alkanes of at least 4 members (excludes halogenated alkanes) is 16. The van der Waals surface area contributed by atoms with Crippen molar-refractivity contribution in [1.29, 1.82) is 0 Å². The molecule has 0 saturated carbocycles. The second-order valence-corrected chi connectivity index (χ2v) is 18.7. The highest BCUT2D eigenvalue weighted by atomic mass is 16.5. The molecule has 56 heavy (non-hydrogen) atoms. The van der Waals surface area contributed by atoms with E-state index < -0.39 is 10.8 Å². The van der Waals surface area contributed by atoms with E-state index in [-0.39, 0.29) is 24.0 Å². The normalized spacial score (nSPS) is 12.7. The SMILES string of the molecule is CCCCCCCCCOC(=O)C(C)(C)CCCCCC(CCCCCC(C)(C)C(=O)OCCC(CCCCCC)CCCCCC)OC(=O)CCCN(C)C. The van der Waals surface area contributed by atoms with Gasteiger partial charge in [-0.15, -0.1) is 0 Å². The van der Waals surface area contributed by atoms with Gasteiger partial charge in [-0.05, 0) is 112 Å². The summed E-state index contributed by atoms with van der Waals surface area (Å²) in [6.07, 6.45) is 32.6. The molecule has 0 aromatic rings. The molecule has 0 aromatic heterocycles. The van der Waals surface area contributed by atoms with E-state index in [0.717, 1.165) is 96.4 Å². The van der Waals surface area contributed by atoms with E-state index in [1.54, 1.807) is 0 Å². The van der Waals surface area contributed by atoms with Crippen molar-refractivity contribution in [3.63, 3.8) is 0 Å². The third-order valence-electron chi connectivity index (χ3n) is 11.7. The Morgan fingerprint density at radius 3 is 1.38 bits per heavy atom. The lowest BCUT2D eigenvalue weighted by Gasteiger charge is -2.24. The largest absolute Gasteiger partial charge is 0.465 e. The van der Waals surface area contributed by atoms with Crippen LogP contribution < -0.4 is 0 Å². The summed E-state index contributed by atoms with van der Waals surface area (Å²) in [6, 6.07) is 0. The van der Waals surface area contributed by atoms with E-state index in [4.69, 9.17) is 14.2 Å². The van der Waals surface area contributed by atoms with Gasteiger partial charge in [0.2, 0.25) is 0 Å². The standard InChI is InChI=1S/C49H95NO6/c1-10-13-16-19-20-21-30-41-54-46(52)48(4,5)38-28-22-26-34-44(56-45(51)36-31-40-50(8)9)35-27-23-29-39-49(6,7)47(53)55-42-37-43(32-24-17-14-11-2)33-25-18-15-12-3/h43-44H,10-42H2,1-9H3. The molecule has 332 valence electrons. The Morgan fingerprint density at radius 2 is 0.893 bits per heavy atom. The third-order valence-corrected chi connectivity index (χ3v) is 11.7. The first kappa shape index (κ1) is 54.4. The first-order valence-corrected chi connectivity index (χ1v) is 24.0. The van der Waals surface area contributed by atoms with Gasteiger partial charge in [0, 0.05) is 6.42 Å². The van der Waals surface area contributed by atoms with E-state index in [1.807, 2.05) is 41.8 Å². The maximum Gasteiger partial charge on any atom is 0.311 e. The highest BCUT2D eigenvalue weighted by Gasteiger charge is 2.30. The van der Waals surface area contributed by atoms with Crippen LogP contribution in [0.1, 0.15) is 241 Å². The third kappa shape index (κ3) is 31.4. The Hall–Kier alpha value is -1.63. The number of carbonyl (C=O) groups is 3. The fourth-order valence-electron chi connectivity index (χ4n) is 7.57. The quantitative estimate of drug-likeness (QED) is 0.0347. The van der Waals surface area contributed by atoms with Crippen LogP contribution in [0.5, 0.6) is 0 Å². The molecule has 0 radical (unpaired) electrons. The zero-order valence-electron chi connectivity index (χ0n) is 38.9. The summed E-state index contributed by atoms with van der Waals surface area (Å²) in [4.78, 5) is 40.8. The van der Waals surface area contributed by atoms with Gasteiger partial charge in [-0.2, -0.15) is 0 Å². The van der Waals surface area contributed by atoms with E-state index in [9.17, 15) is 14.4 Å². The Kier molecular flexibility index (Phi) is 34.3. The predicted molar refractivity (Wildman–Crippen MR) is 237 cm³/mol. The number of rotatable bonds is 40. The van der Waals surface area contributed by atoms with E-state index >= 15 is 0 Å². The summed E-state index contributed by atoms with van der Waals surface area (Å²) in [7, 11) is 4.05. The van der Waals surface area contributed by atoms with Crippen molar-refractivity contribution >= 4 is 17.9 Å². The lowest BCUT2D eigenvalue weighted by Crippen LogP contribution is -2.27. The highest BCUT2D eigenvalue weighted by molar-refractivity contribution is 5.76. The molecule has 0 bridgehead atoms. The molecular formula is C49H95NO6. The molecule has 0 aliphatic heterocycles. The second kappa shape index (κ2) is 35.3. The maximum absolute atomic E-state index is 13.1. The minimum Gasteiger partial charge on any atom is -0.465 e. The van der Waals surface area contributed by atoms with Crippen molar-refractivity contribution in [2.75, 3.05) is 33.9 Å². The number of nitrogens with zero attached hydrogens (tertiary/aromatic N) is 1. The fourth-order valence-corrected chi connectivity index (χ4v) is 7.57. The summed E-state index contributed by atoms with van der Waals surface area (Å²) in [5, 5.41) is 0. The number of esters is 3. The predicted octanol–water partition coefficient (Wildman–Crippen LogP) is 14.0. The smallest absolute Gasteiger partial charge is 0.311 e. The van der Waals surface area contributed by atoms with E-state index in [0.29, 0.717) is 25.6 Å². The van der Waals surface area contributed by atoms with E-state index in [1.165, 1.54) is 96.3 Å². The van der Waals surface area contributed by atoms with Gasteiger partial charge in [-0.1, -0.05) is 149 Å². The van der Waals surface area contributed by atoms with E-state index in [2.05, 4.69) is 25.7 Å². The summed E-state index contributed by atoms with van der Waals surface area (Å²) in [5.74, 6) is 0.408. The molecule has 0 rings (SSSR count). The summed E-state index contributed by atoms with van der Waals surface area (Å²) >= 11 is 0. The monoisotopic (exact) mass is 794 g/mol. The Labute approximate surface area is 348 Å². The van der Waals surface area contributed by atoms with Crippen molar-refractivity contribution in [2.24, 2.45) is 16.7 Å². The molecule has 0 aromatic carbocycles. The van der Waals surface area contributed by atoms with Crippen molar-refractivity contribution in [3.05, 3.63) is 0 Å². The number of hydrogen-bond donors (Lipinski definition) is 0. The lowest BCUT2D eigenvalue weighted by molar-refractivity contribution is -0.155. The summed E-state index contributed by atoms with van der Waals surface area (Å²) in [6.45, 7) is 16.7. The Balaban J connectivity index is 4.72. The number of carbonyl (C=O) groups excluding carboxylic acids is 3. The minimum absolute atomic E-state index is 0.0673. The van der Waals surface area contributed by atoms with Crippen molar-refractivity contribution in [3.8, 4) is 0 Å². The molecule has 0 fully saturated rings. The molecule has 0 spiro atoms. The van der Waals surface area contributed by atoms with Gasteiger partial charge >= 0.3 is 17.9 Å². The summed E-state index contributed by atoms with van der Waals surface area (Å²) < 4.78 is 17.6. The first-order chi connectivity index (χ1) is 26.8. The zero-order valence-corrected chi connectivity index (χ0v) is 38.9. The van der Waals surface area contributed by atoms with Gasteiger partial charge in [-0.25, -0.2) is 0 Å². The van der Waals surface area contributed by atoms with Gasteiger partial charge in [0.05, 0.1) is 24.0 Å². The molecule has 0 aliphatic rings. The number of hydrogen-bond acceptors (Lipinski definition) is 7. The van der Waals surface area contributed by atoms with Crippen LogP contribution in [0.3, 0.4) is 0 Å². The van der Waals surface area contributed by atoms with Gasteiger partial charge < -0.3 is 19.1 Å². The van der Waals surface area contributed by atoms with Crippen LogP contribution in [0, 0.1) is 16.7 Å². The van der Waals surface area contributed by atoms with Crippen LogP contribution in [0.25, 0.3) is 0 Å². The van der Waals surface area contributed by atoms with Gasteiger partial charge in [-0.3, -0.25) is 14.4 Å². The molecule has 1 unspecified atom stereocenters. The molecule has 0 amide bonds. The highest BCUT2D eigenvalue weighted by Crippen LogP contribution is 2.29. The molecule has 0 saturated heterocycles. The molecule has 1 atom stereocenters. The maximum atomic E-state index is 13.1. The second-order valence-electron chi connectivity index (χ2n) is 18.7. The Morgan fingerprint density at radius 1 is 0.482 bits per heavy atom. The molecule has 0 N–H and O–H groups in total. The van der Waals surface area contributed by atoms with Crippen molar-refractivity contribution in [2.45, 2.75) is 247 Å². The minimum atomic E-state index is -0.496. The topological polar surface area (TPSA) is 82.1 Å². The molecule has 0 aliphatic carbocycles. The molecule has 0 heterocycles. The average molecular weight is 794 g/mol. The van der Waals surface area contributed by atoms with Crippen molar-refractivity contribution < 1.29 is 28.6 Å². The zero-order chi connectivity index (χ0) is 41.9. The Bertz CT molecular complexity index is 935. The molecular weight excluding hydrogens is 699 g/mol. The first-order valence-electron chi connectivity index (χ1n) is 24.0. The summed E-state index contributed by atoms with van der Waals surface area (Å²) in [5.41, 5.74) is -0.978. The van der Waals surface area contributed by atoms with Gasteiger partial charge in [0.25, 0.3) is 0 Å². The lowest BCUT2D eigenvalue weighted by atomic mass is 9.86. The van der Waals surface area contributed by atoms with Gasteiger partial charge in [0.15, 0.2) is 0 Å². The van der Waals surface area contributed by atoms with Crippen LogP contribution >= 0.6 is 0 Å². The number of ether oxygens (including phenoxy) is 3. The van der Waals surface area contributed by atoms with Crippen LogP contribution in [0.2, 0.25) is 0 Å². The molecule has 7 nitrogen and oxygen atoms in total. The van der Waals surface area contributed by atoms with Crippen molar-refractivity contribution in [1.82, 2.24) is 4.90 Å². The van der Waals surface area contributed by atoms with Crippen LogP contribution in [-0.2, 0) is 28.6 Å². The average Bonchev–Trinajstić information content (AvgIpc) is 3.14.